The fraction of sp³-hybridized carbons (Fsp3) is 0.250. The van der Waals surface area contributed by atoms with Crippen LogP contribution in [0, 0.1) is 13.8 Å². The summed E-state index contributed by atoms with van der Waals surface area (Å²) in [7, 11) is 0. The molecule has 0 amide bonds. The van der Waals surface area contributed by atoms with Crippen LogP contribution in [-0.2, 0) is 13.1 Å². The Hall–Kier alpha value is -1.58. The highest BCUT2D eigenvalue weighted by Crippen LogP contribution is 2.25. The number of nitrogens with one attached hydrogen (secondary N) is 1. The molecule has 98 valence electrons. The molecule has 0 saturated carbocycles. The maximum absolute atomic E-state index is 5.77. The van der Waals surface area contributed by atoms with E-state index < -0.39 is 0 Å². The third kappa shape index (κ3) is 2.57. The van der Waals surface area contributed by atoms with Gasteiger partial charge in [0, 0.05) is 33.8 Å². The molecule has 1 N–H and O–H groups in total. The van der Waals surface area contributed by atoms with Crippen LogP contribution in [0.1, 0.15) is 21.1 Å². The minimum absolute atomic E-state index is 0.847. The van der Waals surface area contributed by atoms with Crippen molar-refractivity contribution >= 4 is 22.3 Å². The monoisotopic (exact) mass is 271 g/mol. The van der Waals surface area contributed by atoms with Crippen molar-refractivity contribution in [1.29, 1.82) is 0 Å². The fourth-order valence-corrected chi connectivity index (χ4v) is 3.19. The molecule has 0 aliphatic rings. The topological polar surface area (TPSA) is 25.2 Å². The number of rotatable bonds is 4. The molecule has 19 heavy (non-hydrogen) atoms. The zero-order valence-electron chi connectivity index (χ0n) is 11.2. The number of benzene rings is 1. The van der Waals surface area contributed by atoms with Gasteiger partial charge in [-0.3, -0.25) is 0 Å². The Morgan fingerprint density at radius 1 is 1.05 bits per heavy atom. The molecule has 2 aromatic heterocycles. The van der Waals surface area contributed by atoms with Crippen molar-refractivity contribution in [3.05, 3.63) is 57.5 Å². The van der Waals surface area contributed by atoms with Crippen molar-refractivity contribution in [1.82, 2.24) is 5.32 Å². The maximum Gasteiger partial charge on any atom is 0.134 e. The van der Waals surface area contributed by atoms with E-state index in [4.69, 9.17) is 4.42 Å². The summed E-state index contributed by atoms with van der Waals surface area (Å²) >= 11 is 1.85. The van der Waals surface area contributed by atoms with E-state index >= 15 is 0 Å². The SMILES string of the molecule is Cc1ccc(CNCc2c(C)oc3ccccc23)s1. The number of fused-ring (bicyclic) bond motifs is 1. The van der Waals surface area contributed by atoms with Crippen LogP contribution >= 0.6 is 11.3 Å². The summed E-state index contributed by atoms with van der Waals surface area (Å²) in [5.74, 6) is 1.01. The van der Waals surface area contributed by atoms with E-state index in [1.807, 2.05) is 30.4 Å². The molecule has 0 spiro atoms. The van der Waals surface area contributed by atoms with Gasteiger partial charge in [0.15, 0.2) is 0 Å². The molecule has 0 aliphatic carbocycles. The lowest BCUT2D eigenvalue weighted by Gasteiger charge is -2.02. The molecule has 0 bridgehead atoms. The summed E-state index contributed by atoms with van der Waals surface area (Å²) < 4.78 is 5.77. The Balaban J connectivity index is 1.73. The predicted octanol–water partition coefficient (Wildman–Crippen LogP) is 4.40. The van der Waals surface area contributed by atoms with E-state index in [2.05, 4.69) is 36.5 Å². The van der Waals surface area contributed by atoms with Gasteiger partial charge in [0.2, 0.25) is 0 Å². The Morgan fingerprint density at radius 2 is 1.89 bits per heavy atom. The maximum atomic E-state index is 5.77. The molecule has 2 heterocycles. The highest BCUT2D eigenvalue weighted by Gasteiger charge is 2.09. The van der Waals surface area contributed by atoms with Crippen molar-refractivity contribution in [2.75, 3.05) is 0 Å². The van der Waals surface area contributed by atoms with Crippen molar-refractivity contribution < 1.29 is 4.42 Å². The highest BCUT2D eigenvalue weighted by atomic mass is 32.1. The van der Waals surface area contributed by atoms with Crippen LogP contribution in [0.2, 0.25) is 0 Å². The third-order valence-electron chi connectivity index (χ3n) is 3.30. The molecule has 3 rings (SSSR count). The molecule has 3 aromatic rings. The van der Waals surface area contributed by atoms with Gasteiger partial charge in [0.1, 0.15) is 11.3 Å². The first-order valence-corrected chi connectivity index (χ1v) is 7.29. The van der Waals surface area contributed by atoms with Crippen LogP contribution in [0.3, 0.4) is 0 Å². The zero-order chi connectivity index (χ0) is 13.2. The number of furan rings is 1. The summed E-state index contributed by atoms with van der Waals surface area (Å²) in [6.07, 6.45) is 0. The van der Waals surface area contributed by atoms with Crippen LogP contribution in [0.15, 0.2) is 40.8 Å². The van der Waals surface area contributed by atoms with Crippen molar-refractivity contribution in [3.8, 4) is 0 Å². The van der Waals surface area contributed by atoms with Crippen LogP contribution in [0.4, 0.5) is 0 Å². The van der Waals surface area contributed by atoms with Crippen molar-refractivity contribution in [2.45, 2.75) is 26.9 Å². The second-order valence-electron chi connectivity index (χ2n) is 4.75. The van der Waals surface area contributed by atoms with E-state index in [-0.39, 0.29) is 0 Å². The standard InChI is InChI=1S/C16H17NOS/c1-11-7-8-13(19-11)9-17-10-15-12(2)18-16-6-4-3-5-14(15)16/h3-8,17H,9-10H2,1-2H3. The molecule has 0 atom stereocenters. The predicted molar refractivity (Wildman–Crippen MR) is 80.6 cm³/mol. The van der Waals surface area contributed by atoms with Gasteiger partial charge in [-0.15, -0.1) is 11.3 Å². The lowest BCUT2D eigenvalue weighted by atomic mass is 10.1. The van der Waals surface area contributed by atoms with E-state index in [1.54, 1.807) is 0 Å². The van der Waals surface area contributed by atoms with Gasteiger partial charge < -0.3 is 9.73 Å². The second-order valence-corrected chi connectivity index (χ2v) is 6.12. The quantitative estimate of drug-likeness (QED) is 0.760. The van der Waals surface area contributed by atoms with Gasteiger partial charge in [-0.25, -0.2) is 0 Å². The Morgan fingerprint density at radius 3 is 2.68 bits per heavy atom. The second kappa shape index (κ2) is 5.19. The molecule has 3 heteroatoms. The first-order chi connectivity index (χ1) is 9.24. The molecular weight excluding hydrogens is 254 g/mol. The zero-order valence-corrected chi connectivity index (χ0v) is 12.0. The van der Waals surface area contributed by atoms with Gasteiger partial charge in [-0.2, -0.15) is 0 Å². The van der Waals surface area contributed by atoms with Gasteiger partial charge >= 0.3 is 0 Å². The number of thiophene rings is 1. The average Bonchev–Trinajstić information content (AvgIpc) is 2.94. The molecule has 2 nitrogen and oxygen atoms in total. The Kier molecular flexibility index (Phi) is 3.40. The summed E-state index contributed by atoms with van der Waals surface area (Å²) in [5.41, 5.74) is 2.24. The van der Waals surface area contributed by atoms with E-state index in [0.29, 0.717) is 0 Å². The van der Waals surface area contributed by atoms with Gasteiger partial charge in [0.05, 0.1) is 0 Å². The molecule has 0 saturated heterocycles. The summed E-state index contributed by atoms with van der Waals surface area (Å²) in [4.78, 5) is 2.74. The molecule has 0 radical (unpaired) electrons. The van der Waals surface area contributed by atoms with Crippen LogP contribution in [-0.4, -0.2) is 0 Å². The Bertz CT molecular complexity index is 696. The van der Waals surface area contributed by atoms with Gasteiger partial charge in [-0.05, 0) is 32.0 Å². The third-order valence-corrected chi connectivity index (χ3v) is 4.30. The minimum Gasteiger partial charge on any atom is -0.461 e. The smallest absolute Gasteiger partial charge is 0.134 e. The van der Waals surface area contributed by atoms with Gasteiger partial charge in [0.25, 0.3) is 0 Å². The highest BCUT2D eigenvalue weighted by molar-refractivity contribution is 7.11. The molecule has 0 fully saturated rings. The van der Waals surface area contributed by atoms with E-state index in [9.17, 15) is 0 Å². The minimum atomic E-state index is 0.847. The fourth-order valence-electron chi connectivity index (χ4n) is 2.33. The lowest BCUT2D eigenvalue weighted by molar-refractivity contribution is 0.565. The van der Waals surface area contributed by atoms with E-state index in [1.165, 1.54) is 20.7 Å². The summed E-state index contributed by atoms with van der Waals surface area (Å²) in [5, 5.41) is 4.72. The Labute approximate surface area is 117 Å². The largest absolute Gasteiger partial charge is 0.461 e. The van der Waals surface area contributed by atoms with Crippen LogP contribution in [0.5, 0.6) is 0 Å². The molecular formula is C16H17NOS. The van der Waals surface area contributed by atoms with Gasteiger partial charge in [-0.1, -0.05) is 18.2 Å². The normalized spacial score (nSPS) is 11.3. The number of hydrogen-bond donors (Lipinski definition) is 1. The molecule has 0 unspecified atom stereocenters. The first kappa shape index (κ1) is 12.5. The number of hydrogen-bond acceptors (Lipinski definition) is 3. The molecule has 0 aliphatic heterocycles. The van der Waals surface area contributed by atoms with E-state index in [0.717, 1.165) is 24.4 Å². The van der Waals surface area contributed by atoms with Crippen molar-refractivity contribution in [2.24, 2.45) is 0 Å². The number of para-hydroxylation sites is 1. The summed E-state index contributed by atoms with van der Waals surface area (Å²) in [6.45, 7) is 5.94. The first-order valence-electron chi connectivity index (χ1n) is 6.47. The lowest BCUT2D eigenvalue weighted by Crippen LogP contribution is -2.12. The molecule has 1 aromatic carbocycles. The number of aryl methyl sites for hydroxylation is 2. The van der Waals surface area contributed by atoms with Crippen LogP contribution < -0.4 is 5.32 Å². The summed E-state index contributed by atoms with van der Waals surface area (Å²) in [6, 6.07) is 12.6. The van der Waals surface area contributed by atoms with Crippen LogP contribution in [0.25, 0.3) is 11.0 Å². The average molecular weight is 271 g/mol. The van der Waals surface area contributed by atoms with Crippen molar-refractivity contribution in [3.63, 3.8) is 0 Å².